The molecule has 114 valence electrons. The van der Waals surface area contributed by atoms with Crippen molar-refractivity contribution in [3.63, 3.8) is 0 Å². The number of ether oxygens (including phenoxy) is 1. The molecule has 0 spiro atoms. The fourth-order valence-electron chi connectivity index (χ4n) is 2.90. The average molecular weight is 306 g/mol. The van der Waals surface area contributed by atoms with Crippen molar-refractivity contribution in [2.45, 2.75) is 6.04 Å². The quantitative estimate of drug-likeness (QED) is 0.850. The number of morpholine rings is 1. The molecular formula is C16H22N2O2S. The Balaban J connectivity index is 1.65. The van der Waals surface area contributed by atoms with Gasteiger partial charge in [-0.3, -0.25) is 9.69 Å². The van der Waals surface area contributed by atoms with E-state index in [2.05, 4.69) is 29.2 Å². The second-order valence-corrected chi connectivity index (χ2v) is 6.61. The molecule has 3 rings (SSSR count). The molecule has 4 nitrogen and oxygen atoms in total. The summed E-state index contributed by atoms with van der Waals surface area (Å²) < 4.78 is 5.32. The van der Waals surface area contributed by atoms with Gasteiger partial charge in [-0.05, 0) is 5.56 Å². The standard InChI is InChI=1S/C16H22N2O2S/c19-16(17-6-9-20-10-7-17)12-18-8-11-21-13-15(18)14-4-2-1-3-5-14/h1-5,15H,6-13H2. The van der Waals surface area contributed by atoms with E-state index >= 15 is 0 Å². The van der Waals surface area contributed by atoms with Crippen LogP contribution in [-0.2, 0) is 9.53 Å². The average Bonchev–Trinajstić information content (AvgIpc) is 2.57. The van der Waals surface area contributed by atoms with Gasteiger partial charge < -0.3 is 9.64 Å². The van der Waals surface area contributed by atoms with E-state index in [1.165, 1.54) is 5.56 Å². The molecule has 21 heavy (non-hydrogen) atoms. The van der Waals surface area contributed by atoms with Gasteiger partial charge in [-0.25, -0.2) is 0 Å². The van der Waals surface area contributed by atoms with E-state index in [1.54, 1.807) is 0 Å². The summed E-state index contributed by atoms with van der Waals surface area (Å²) in [6.45, 7) is 4.32. The van der Waals surface area contributed by atoms with Crippen LogP contribution < -0.4 is 0 Å². The molecule has 0 saturated carbocycles. The van der Waals surface area contributed by atoms with Crippen molar-refractivity contribution in [3.05, 3.63) is 35.9 Å². The van der Waals surface area contributed by atoms with Gasteiger partial charge in [0.2, 0.25) is 5.91 Å². The molecule has 1 unspecified atom stereocenters. The summed E-state index contributed by atoms with van der Waals surface area (Å²) in [6.07, 6.45) is 0. The van der Waals surface area contributed by atoms with Gasteiger partial charge in [-0.15, -0.1) is 0 Å². The van der Waals surface area contributed by atoms with E-state index in [-0.39, 0.29) is 5.91 Å². The second kappa shape index (κ2) is 7.29. The van der Waals surface area contributed by atoms with Crippen LogP contribution >= 0.6 is 11.8 Å². The monoisotopic (exact) mass is 306 g/mol. The lowest BCUT2D eigenvalue weighted by atomic mass is 10.1. The molecule has 0 radical (unpaired) electrons. The first-order valence-electron chi connectivity index (χ1n) is 7.57. The Morgan fingerprint density at radius 3 is 2.71 bits per heavy atom. The van der Waals surface area contributed by atoms with Crippen molar-refractivity contribution in [1.29, 1.82) is 0 Å². The highest BCUT2D eigenvalue weighted by Gasteiger charge is 2.28. The van der Waals surface area contributed by atoms with Gasteiger partial charge in [0.15, 0.2) is 0 Å². The first-order valence-corrected chi connectivity index (χ1v) is 8.72. The zero-order valence-corrected chi connectivity index (χ0v) is 13.1. The third-order valence-corrected chi connectivity index (χ3v) is 5.15. The summed E-state index contributed by atoms with van der Waals surface area (Å²) in [6, 6.07) is 10.9. The van der Waals surface area contributed by atoms with Gasteiger partial charge in [0.1, 0.15) is 0 Å². The molecule has 2 aliphatic rings. The Morgan fingerprint density at radius 1 is 1.19 bits per heavy atom. The molecule has 2 fully saturated rings. The van der Waals surface area contributed by atoms with E-state index in [4.69, 9.17) is 4.74 Å². The summed E-state index contributed by atoms with van der Waals surface area (Å²) in [5.41, 5.74) is 1.32. The highest BCUT2D eigenvalue weighted by Crippen LogP contribution is 2.29. The maximum atomic E-state index is 12.5. The third-order valence-electron chi connectivity index (χ3n) is 4.13. The van der Waals surface area contributed by atoms with E-state index in [1.807, 2.05) is 22.7 Å². The van der Waals surface area contributed by atoms with Crippen molar-refractivity contribution in [2.24, 2.45) is 0 Å². The molecule has 0 N–H and O–H groups in total. The zero-order chi connectivity index (χ0) is 14.5. The fraction of sp³-hybridized carbons (Fsp3) is 0.562. The lowest BCUT2D eigenvalue weighted by Crippen LogP contribution is -2.48. The molecule has 1 amide bonds. The Hall–Kier alpha value is -1.04. The second-order valence-electron chi connectivity index (χ2n) is 5.47. The van der Waals surface area contributed by atoms with Gasteiger partial charge in [-0.2, -0.15) is 11.8 Å². The number of nitrogens with zero attached hydrogens (tertiary/aromatic N) is 2. The van der Waals surface area contributed by atoms with Crippen LogP contribution in [0.5, 0.6) is 0 Å². The van der Waals surface area contributed by atoms with Crippen LogP contribution in [0.3, 0.4) is 0 Å². The first kappa shape index (κ1) is 14.9. The summed E-state index contributed by atoms with van der Waals surface area (Å²) in [5.74, 6) is 2.42. The molecule has 5 heteroatoms. The van der Waals surface area contributed by atoms with Crippen LogP contribution in [0.1, 0.15) is 11.6 Å². The Labute approximate surface area is 130 Å². The number of benzene rings is 1. The predicted molar refractivity (Wildman–Crippen MR) is 85.5 cm³/mol. The minimum atomic E-state index is 0.242. The molecule has 1 aromatic rings. The van der Waals surface area contributed by atoms with Crippen LogP contribution in [0.15, 0.2) is 30.3 Å². The Kier molecular flexibility index (Phi) is 5.17. The number of carbonyl (C=O) groups is 1. The van der Waals surface area contributed by atoms with Crippen LogP contribution in [0.2, 0.25) is 0 Å². The summed E-state index contributed by atoms with van der Waals surface area (Å²) >= 11 is 1.98. The van der Waals surface area contributed by atoms with E-state index < -0.39 is 0 Å². The van der Waals surface area contributed by atoms with E-state index in [0.717, 1.165) is 31.1 Å². The van der Waals surface area contributed by atoms with Gasteiger partial charge in [0.05, 0.1) is 19.8 Å². The molecule has 1 atom stereocenters. The molecule has 0 bridgehead atoms. The Morgan fingerprint density at radius 2 is 1.95 bits per heavy atom. The summed E-state index contributed by atoms with van der Waals surface area (Å²) in [7, 11) is 0. The minimum Gasteiger partial charge on any atom is -0.378 e. The molecule has 2 saturated heterocycles. The molecule has 0 aliphatic carbocycles. The normalized spacial score (nSPS) is 24.0. The van der Waals surface area contributed by atoms with Crippen molar-refractivity contribution in [3.8, 4) is 0 Å². The maximum Gasteiger partial charge on any atom is 0.236 e. The molecule has 2 aliphatic heterocycles. The number of hydrogen-bond acceptors (Lipinski definition) is 4. The lowest BCUT2D eigenvalue weighted by molar-refractivity contribution is -0.137. The van der Waals surface area contributed by atoms with E-state index in [9.17, 15) is 4.79 Å². The van der Waals surface area contributed by atoms with Crippen molar-refractivity contribution < 1.29 is 9.53 Å². The first-order chi connectivity index (χ1) is 10.3. The Bertz CT molecular complexity index is 463. The smallest absolute Gasteiger partial charge is 0.236 e. The minimum absolute atomic E-state index is 0.242. The number of amides is 1. The third kappa shape index (κ3) is 3.78. The van der Waals surface area contributed by atoms with Crippen molar-refractivity contribution in [1.82, 2.24) is 9.80 Å². The number of carbonyl (C=O) groups excluding carboxylic acids is 1. The van der Waals surface area contributed by atoms with Crippen LogP contribution in [0.25, 0.3) is 0 Å². The van der Waals surface area contributed by atoms with Crippen molar-refractivity contribution in [2.75, 3.05) is 50.9 Å². The van der Waals surface area contributed by atoms with Gasteiger partial charge in [0.25, 0.3) is 0 Å². The predicted octanol–water partition coefficient (Wildman–Crippen LogP) is 1.64. The number of hydrogen-bond donors (Lipinski definition) is 0. The molecule has 1 aromatic carbocycles. The largest absolute Gasteiger partial charge is 0.378 e. The highest BCUT2D eigenvalue weighted by atomic mass is 32.2. The van der Waals surface area contributed by atoms with Gasteiger partial charge in [0, 0.05) is 37.2 Å². The van der Waals surface area contributed by atoms with Crippen LogP contribution in [0, 0.1) is 0 Å². The van der Waals surface area contributed by atoms with Gasteiger partial charge >= 0.3 is 0 Å². The maximum absolute atomic E-state index is 12.5. The van der Waals surface area contributed by atoms with E-state index in [0.29, 0.717) is 25.8 Å². The number of rotatable bonds is 3. The van der Waals surface area contributed by atoms with Gasteiger partial charge in [-0.1, -0.05) is 30.3 Å². The fourth-order valence-corrected chi connectivity index (χ4v) is 4.05. The molecular weight excluding hydrogens is 284 g/mol. The highest BCUT2D eigenvalue weighted by molar-refractivity contribution is 7.99. The zero-order valence-electron chi connectivity index (χ0n) is 12.2. The van der Waals surface area contributed by atoms with Crippen LogP contribution in [0.4, 0.5) is 0 Å². The summed E-state index contributed by atoms with van der Waals surface area (Å²) in [5, 5.41) is 0. The van der Waals surface area contributed by atoms with Crippen molar-refractivity contribution >= 4 is 17.7 Å². The van der Waals surface area contributed by atoms with Crippen LogP contribution in [-0.4, -0.2) is 66.6 Å². The molecule has 2 heterocycles. The SMILES string of the molecule is O=C(CN1CCSCC1c1ccccc1)N1CCOCC1. The summed E-state index contributed by atoms with van der Waals surface area (Å²) in [4.78, 5) is 16.7. The lowest BCUT2D eigenvalue weighted by Gasteiger charge is -2.37. The molecule has 0 aromatic heterocycles. The number of thioether (sulfide) groups is 1. The topological polar surface area (TPSA) is 32.8 Å².